The van der Waals surface area contributed by atoms with Crippen molar-refractivity contribution in [3.05, 3.63) is 53.1 Å². The average Bonchev–Trinajstić information content (AvgIpc) is 2.58. The van der Waals surface area contributed by atoms with Gasteiger partial charge in [0.15, 0.2) is 6.10 Å². The maximum atomic E-state index is 11.9. The number of methoxy groups -OCH3 is 1. The van der Waals surface area contributed by atoms with Crippen molar-refractivity contribution >= 4 is 23.7 Å². The maximum Gasteiger partial charge on any atom is 0.280 e. The lowest BCUT2D eigenvalue weighted by molar-refractivity contribution is -0.127. The Labute approximate surface area is 144 Å². The van der Waals surface area contributed by atoms with Gasteiger partial charge in [-0.2, -0.15) is 5.10 Å². The second kappa shape index (κ2) is 8.21. The van der Waals surface area contributed by atoms with Crippen LogP contribution in [0.25, 0.3) is 0 Å². The van der Waals surface area contributed by atoms with E-state index >= 15 is 0 Å². The Morgan fingerprint density at radius 1 is 1.25 bits per heavy atom. The van der Waals surface area contributed by atoms with E-state index in [2.05, 4.69) is 10.5 Å². The summed E-state index contributed by atoms with van der Waals surface area (Å²) in [5.74, 6) is 0.694. The molecular formula is C17H17ClN2O4. The molecule has 2 aromatic rings. The first kappa shape index (κ1) is 17.6. The number of hydrogen-bond donors (Lipinski definition) is 2. The van der Waals surface area contributed by atoms with Crippen molar-refractivity contribution < 1.29 is 19.4 Å². The number of nitrogens with zero attached hydrogens (tertiary/aromatic N) is 1. The highest BCUT2D eigenvalue weighted by Crippen LogP contribution is 2.21. The molecule has 6 nitrogen and oxygen atoms in total. The van der Waals surface area contributed by atoms with Crippen LogP contribution in [0, 0.1) is 0 Å². The highest BCUT2D eigenvalue weighted by atomic mass is 35.5. The summed E-state index contributed by atoms with van der Waals surface area (Å²) in [5.41, 5.74) is 2.77. The zero-order valence-electron chi connectivity index (χ0n) is 13.2. The molecule has 0 saturated carbocycles. The first-order chi connectivity index (χ1) is 11.5. The average molecular weight is 349 g/mol. The van der Waals surface area contributed by atoms with Crippen LogP contribution < -0.4 is 14.9 Å². The van der Waals surface area contributed by atoms with Crippen LogP contribution in [-0.4, -0.2) is 30.4 Å². The van der Waals surface area contributed by atoms with E-state index in [0.29, 0.717) is 22.1 Å². The lowest BCUT2D eigenvalue weighted by Gasteiger charge is -2.12. The molecule has 0 radical (unpaired) electrons. The van der Waals surface area contributed by atoms with Crippen molar-refractivity contribution in [2.24, 2.45) is 5.10 Å². The predicted octanol–water partition coefficient (Wildman–Crippen LogP) is 2.97. The Kier molecular flexibility index (Phi) is 6.03. The van der Waals surface area contributed by atoms with Crippen molar-refractivity contribution in [3.8, 4) is 17.2 Å². The molecule has 0 bridgehead atoms. The summed E-state index contributed by atoms with van der Waals surface area (Å²) < 4.78 is 10.5. The van der Waals surface area contributed by atoms with Crippen LogP contribution in [0.3, 0.4) is 0 Å². The van der Waals surface area contributed by atoms with Gasteiger partial charge in [0.2, 0.25) is 0 Å². The fourth-order valence-corrected chi connectivity index (χ4v) is 1.92. The van der Waals surface area contributed by atoms with Crippen LogP contribution in [0.4, 0.5) is 0 Å². The van der Waals surface area contributed by atoms with E-state index < -0.39 is 12.0 Å². The molecule has 2 N–H and O–H groups in total. The van der Waals surface area contributed by atoms with Gasteiger partial charge in [-0.1, -0.05) is 11.6 Å². The van der Waals surface area contributed by atoms with Crippen LogP contribution in [0.15, 0.2) is 47.6 Å². The Morgan fingerprint density at radius 2 is 1.92 bits per heavy atom. The third-order valence-electron chi connectivity index (χ3n) is 3.11. The Balaban J connectivity index is 1.93. The standard InChI is InChI=1S/C17H17ClN2O4/c1-11(24-14-5-3-13(18)4-6-14)17(22)20-19-10-12-9-15(23-2)7-8-16(12)21/h3-11,21H,1-2H3,(H,20,22). The number of nitrogens with one attached hydrogen (secondary N) is 1. The number of phenols is 1. The van der Waals surface area contributed by atoms with Crippen molar-refractivity contribution in [2.75, 3.05) is 7.11 Å². The number of hydrogen-bond acceptors (Lipinski definition) is 5. The van der Waals surface area contributed by atoms with E-state index in [9.17, 15) is 9.90 Å². The molecule has 7 heteroatoms. The molecule has 1 amide bonds. The number of halogens is 1. The number of hydrazone groups is 1. The van der Waals surface area contributed by atoms with Gasteiger partial charge in [0.25, 0.3) is 5.91 Å². The van der Waals surface area contributed by atoms with Gasteiger partial charge in [0.05, 0.1) is 13.3 Å². The van der Waals surface area contributed by atoms with E-state index in [1.165, 1.54) is 19.4 Å². The molecule has 0 aliphatic heterocycles. The van der Waals surface area contributed by atoms with E-state index in [0.717, 1.165) is 0 Å². The highest BCUT2D eigenvalue weighted by Gasteiger charge is 2.13. The van der Waals surface area contributed by atoms with Crippen molar-refractivity contribution in [2.45, 2.75) is 13.0 Å². The van der Waals surface area contributed by atoms with Gasteiger partial charge in [-0.3, -0.25) is 4.79 Å². The first-order valence-electron chi connectivity index (χ1n) is 7.11. The molecule has 0 fully saturated rings. The number of carbonyl (C=O) groups excluding carboxylic acids is 1. The summed E-state index contributed by atoms with van der Waals surface area (Å²) >= 11 is 5.79. The van der Waals surface area contributed by atoms with Crippen molar-refractivity contribution in [3.63, 3.8) is 0 Å². The number of carbonyl (C=O) groups is 1. The summed E-state index contributed by atoms with van der Waals surface area (Å²) in [5, 5.41) is 14.1. The molecule has 1 unspecified atom stereocenters. The SMILES string of the molecule is COc1ccc(O)c(C=NNC(=O)C(C)Oc2ccc(Cl)cc2)c1. The van der Waals surface area contributed by atoms with Crippen LogP contribution in [0.5, 0.6) is 17.2 Å². The Bertz CT molecular complexity index is 732. The zero-order chi connectivity index (χ0) is 17.5. The summed E-state index contributed by atoms with van der Waals surface area (Å²) in [7, 11) is 1.52. The van der Waals surface area contributed by atoms with E-state index in [4.69, 9.17) is 21.1 Å². The van der Waals surface area contributed by atoms with Crippen LogP contribution in [0.2, 0.25) is 5.02 Å². The van der Waals surface area contributed by atoms with Crippen LogP contribution >= 0.6 is 11.6 Å². The van der Waals surface area contributed by atoms with Gasteiger partial charge >= 0.3 is 0 Å². The van der Waals surface area contributed by atoms with Crippen molar-refractivity contribution in [1.82, 2.24) is 5.43 Å². The van der Waals surface area contributed by atoms with Gasteiger partial charge in [-0.25, -0.2) is 5.43 Å². The quantitative estimate of drug-likeness (QED) is 0.621. The second-order valence-corrected chi connectivity index (χ2v) is 5.31. The minimum Gasteiger partial charge on any atom is -0.507 e. The lowest BCUT2D eigenvalue weighted by Crippen LogP contribution is -2.33. The molecule has 1 atom stereocenters. The third-order valence-corrected chi connectivity index (χ3v) is 3.36. The first-order valence-corrected chi connectivity index (χ1v) is 7.49. The van der Waals surface area contributed by atoms with Gasteiger partial charge < -0.3 is 14.6 Å². The van der Waals surface area contributed by atoms with E-state index in [-0.39, 0.29) is 5.75 Å². The summed E-state index contributed by atoms with van der Waals surface area (Å²) in [6, 6.07) is 11.4. The number of rotatable bonds is 6. The Morgan fingerprint density at radius 3 is 2.58 bits per heavy atom. The molecule has 0 saturated heterocycles. The lowest BCUT2D eigenvalue weighted by atomic mass is 10.2. The number of ether oxygens (including phenoxy) is 2. The molecule has 0 heterocycles. The van der Waals surface area contributed by atoms with Gasteiger partial charge in [-0.15, -0.1) is 0 Å². The van der Waals surface area contributed by atoms with Gasteiger partial charge in [-0.05, 0) is 49.4 Å². The highest BCUT2D eigenvalue weighted by molar-refractivity contribution is 6.30. The molecule has 24 heavy (non-hydrogen) atoms. The fourth-order valence-electron chi connectivity index (χ4n) is 1.79. The van der Waals surface area contributed by atoms with Crippen LogP contribution in [-0.2, 0) is 4.79 Å². The number of aromatic hydroxyl groups is 1. The predicted molar refractivity (Wildman–Crippen MR) is 91.9 cm³/mol. The maximum absolute atomic E-state index is 11.9. The number of benzene rings is 2. The molecule has 2 rings (SSSR count). The van der Waals surface area contributed by atoms with E-state index in [1.807, 2.05) is 0 Å². The summed E-state index contributed by atoms with van der Waals surface area (Å²) in [6.45, 7) is 1.60. The third kappa shape index (κ3) is 4.89. The molecule has 0 aliphatic carbocycles. The normalized spacial score (nSPS) is 12.0. The molecule has 2 aromatic carbocycles. The van der Waals surface area contributed by atoms with Gasteiger partial charge in [0.1, 0.15) is 17.2 Å². The van der Waals surface area contributed by atoms with Crippen LogP contribution in [0.1, 0.15) is 12.5 Å². The second-order valence-electron chi connectivity index (χ2n) is 4.87. The summed E-state index contributed by atoms with van der Waals surface area (Å²) in [4.78, 5) is 11.9. The fraction of sp³-hybridized carbons (Fsp3) is 0.176. The monoisotopic (exact) mass is 348 g/mol. The van der Waals surface area contributed by atoms with E-state index in [1.54, 1.807) is 43.3 Å². The zero-order valence-corrected chi connectivity index (χ0v) is 13.9. The topological polar surface area (TPSA) is 80.2 Å². The molecular weight excluding hydrogens is 332 g/mol. The molecule has 0 spiro atoms. The number of phenolic OH excluding ortho intramolecular Hbond substituents is 1. The minimum absolute atomic E-state index is 0.0271. The number of amides is 1. The molecule has 0 aliphatic rings. The smallest absolute Gasteiger partial charge is 0.280 e. The minimum atomic E-state index is -0.748. The van der Waals surface area contributed by atoms with Gasteiger partial charge in [0, 0.05) is 10.6 Å². The largest absolute Gasteiger partial charge is 0.507 e. The molecule has 126 valence electrons. The molecule has 0 aromatic heterocycles. The summed E-state index contributed by atoms with van der Waals surface area (Å²) in [6.07, 6.45) is 0.576. The Hall–Kier alpha value is -2.73. The van der Waals surface area contributed by atoms with Crippen molar-refractivity contribution in [1.29, 1.82) is 0 Å².